The van der Waals surface area contributed by atoms with Crippen molar-refractivity contribution in [1.82, 2.24) is 10.2 Å². The van der Waals surface area contributed by atoms with E-state index in [4.69, 9.17) is 5.11 Å². The Labute approximate surface area is 102 Å². The van der Waals surface area contributed by atoms with E-state index in [1.54, 1.807) is 11.9 Å². The zero-order chi connectivity index (χ0) is 13.1. The molecule has 17 heavy (non-hydrogen) atoms. The van der Waals surface area contributed by atoms with Gasteiger partial charge in [-0.2, -0.15) is 0 Å². The minimum absolute atomic E-state index is 0.0548. The van der Waals surface area contributed by atoms with Gasteiger partial charge in [-0.1, -0.05) is 0 Å². The number of likely N-dealkylation sites (N-methyl/N-ethyl adjacent to an activating group) is 1. The Hall–Kier alpha value is -0.660. The maximum atomic E-state index is 11.0. The van der Waals surface area contributed by atoms with Gasteiger partial charge in [-0.25, -0.2) is 8.42 Å². The quantitative estimate of drug-likeness (QED) is 0.595. The molecule has 0 heterocycles. The van der Waals surface area contributed by atoms with Crippen LogP contribution in [-0.4, -0.2) is 68.6 Å². The average molecular weight is 264 g/mol. The Balaban J connectivity index is 2.34. The lowest BCUT2D eigenvalue weighted by Gasteiger charge is -2.21. The normalized spacial score (nSPS) is 18.3. The summed E-state index contributed by atoms with van der Waals surface area (Å²) in [5.74, 6) is -0.831. The number of hydrogen-bond acceptors (Lipinski definition) is 5. The molecule has 7 heteroatoms. The monoisotopic (exact) mass is 264 g/mol. The Bertz CT molecular complexity index is 365. The number of aliphatic carboxylic acids is 1. The number of carboxylic acid groups (broad SMARTS) is 1. The molecule has 1 fully saturated rings. The fraction of sp³-hybridized carbons (Fsp3) is 0.900. The highest BCUT2D eigenvalue weighted by atomic mass is 32.2. The molecule has 0 saturated heterocycles. The van der Waals surface area contributed by atoms with Gasteiger partial charge in [0.1, 0.15) is 15.9 Å². The number of rotatable bonds is 8. The molecule has 0 aliphatic heterocycles. The predicted molar refractivity (Wildman–Crippen MR) is 64.8 cm³/mol. The molecule has 1 atom stereocenters. The Kier molecular flexibility index (Phi) is 4.91. The van der Waals surface area contributed by atoms with Gasteiger partial charge in [0.2, 0.25) is 0 Å². The maximum absolute atomic E-state index is 11.0. The van der Waals surface area contributed by atoms with Gasteiger partial charge in [0.05, 0.1) is 5.75 Å². The molecule has 0 aromatic carbocycles. The van der Waals surface area contributed by atoms with Crippen molar-refractivity contribution in [2.24, 2.45) is 0 Å². The Morgan fingerprint density at radius 3 is 2.53 bits per heavy atom. The van der Waals surface area contributed by atoms with Crippen molar-refractivity contribution in [3.63, 3.8) is 0 Å². The molecule has 0 radical (unpaired) electrons. The van der Waals surface area contributed by atoms with Gasteiger partial charge in [-0.05, 0) is 19.9 Å². The van der Waals surface area contributed by atoms with Gasteiger partial charge >= 0.3 is 5.97 Å². The second-order valence-electron chi connectivity index (χ2n) is 4.72. The van der Waals surface area contributed by atoms with Crippen LogP contribution < -0.4 is 5.32 Å². The summed E-state index contributed by atoms with van der Waals surface area (Å²) in [6, 6.07) is -0.300. The van der Waals surface area contributed by atoms with E-state index in [9.17, 15) is 13.2 Å². The molecule has 0 amide bonds. The van der Waals surface area contributed by atoms with Gasteiger partial charge in [-0.3, -0.25) is 4.79 Å². The van der Waals surface area contributed by atoms with Crippen LogP contribution in [0.5, 0.6) is 0 Å². The second kappa shape index (κ2) is 5.79. The topological polar surface area (TPSA) is 86.7 Å². The van der Waals surface area contributed by atoms with Crippen LogP contribution in [0.15, 0.2) is 0 Å². The predicted octanol–water partition coefficient (Wildman–Crippen LogP) is -0.832. The van der Waals surface area contributed by atoms with Crippen LogP contribution in [0.2, 0.25) is 0 Å². The zero-order valence-corrected chi connectivity index (χ0v) is 11.0. The first-order chi connectivity index (χ1) is 7.78. The van der Waals surface area contributed by atoms with E-state index in [1.165, 1.54) is 6.26 Å². The molecule has 1 aliphatic rings. The SMILES string of the molecule is CN(CCS(C)(=O)=O)CC(NC1CC1)C(=O)O. The van der Waals surface area contributed by atoms with E-state index in [-0.39, 0.29) is 5.75 Å². The molecule has 1 saturated carbocycles. The summed E-state index contributed by atoms with van der Waals surface area (Å²) in [4.78, 5) is 12.7. The summed E-state index contributed by atoms with van der Waals surface area (Å²) < 4.78 is 22.0. The number of hydrogen-bond donors (Lipinski definition) is 2. The maximum Gasteiger partial charge on any atom is 0.322 e. The summed E-state index contributed by atoms with van der Waals surface area (Å²) >= 11 is 0. The van der Waals surface area contributed by atoms with Crippen molar-refractivity contribution in [2.75, 3.05) is 32.1 Å². The molecule has 2 N–H and O–H groups in total. The summed E-state index contributed by atoms with van der Waals surface area (Å²) in [6.07, 6.45) is 3.23. The Morgan fingerprint density at radius 2 is 2.12 bits per heavy atom. The Morgan fingerprint density at radius 1 is 1.53 bits per heavy atom. The van der Waals surface area contributed by atoms with Crippen molar-refractivity contribution in [3.8, 4) is 0 Å². The number of nitrogens with zero attached hydrogens (tertiary/aromatic N) is 1. The van der Waals surface area contributed by atoms with E-state index >= 15 is 0 Å². The third kappa shape index (κ3) is 6.60. The lowest BCUT2D eigenvalue weighted by molar-refractivity contribution is -0.140. The molecule has 0 spiro atoms. The van der Waals surface area contributed by atoms with E-state index in [1.807, 2.05) is 0 Å². The molecule has 0 aromatic rings. The van der Waals surface area contributed by atoms with Crippen LogP contribution in [0, 0.1) is 0 Å². The summed E-state index contributed by atoms with van der Waals surface area (Å²) in [5.41, 5.74) is 0. The highest BCUT2D eigenvalue weighted by Gasteiger charge is 2.28. The van der Waals surface area contributed by atoms with Crippen LogP contribution in [0.25, 0.3) is 0 Å². The molecule has 0 bridgehead atoms. The van der Waals surface area contributed by atoms with Crippen LogP contribution in [0.3, 0.4) is 0 Å². The number of sulfone groups is 1. The molecular formula is C10H20N2O4S. The third-order valence-electron chi connectivity index (χ3n) is 2.65. The van der Waals surface area contributed by atoms with Crippen molar-refractivity contribution < 1.29 is 18.3 Å². The lowest BCUT2D eigenvalue weighted by Crippen LogP contribution is -2.46. The third-order valence-corrected chi connectivity index (χ3v) is 3.57. The van der Waals surface area contributed by atoms with Crippen LogP contribution >= 0.6 is 0 Å². The first-order valence-electron chi connectivity index (χ1n) is 5.63. The lowest BCUT2D eigenvalue weighted by atomic mass is 10.2. The minimum atomic E-state index is -3.00. The number of carbonyl (C=O) groups is 1. The smallest absolute Gasteiger partial charge is 0.322 e. The molecule has 1 unspecified atom stereocenters. The molecule has 6 nitrogen and oxygen atoms in total. The fourth-order valence-corrected chi connectivity index (χ4v) is 2.10. The van der Waals surface area contributed by atoms with E-state index in [0.717, 1.165) is 12.8 Å². The highest BCUT2D eigenvalue weighted by molar-refractivity contribution is 7.90. The standard InChI is InChI=1S/C10H20N2O4S/c1-12(5-6-17(2,15)16)7-9(10(13)14)11-8-3-4-8/h8-9,11H,3-7H2,1-2H3,(H,13,14). The van der Waals surface area contributed by atoms with Gasteiger partial charge in [0, 0.05) is 25.4 Å². The van der Waals surface area contributed by atoms with Gasteiger partial charge in [0.15, 0.2) is 0 Å². The molecule has 0 aromatic heterocycles. The molecule has 100 valence electrons. The second-order valence-corrected chi connectivity index (χ2v) is 6.98. The summed E-state index contributed by atoms with van der Waals surface area (Å²) in [6.45, 7) is 0.677. The van der Waals surface area contributed by atoms with Gasteiger partial charge < -0.3 is 15.3 Å². The van der Waals surface area contributed by atoms with Crippen molar-refractivity contribution in [3.05, 3.63) is 0 Å². The number of nitrogens with one attached hydrogen (secondary N) is 1. The van der Waals surface area contributed by atoms with Gasteiger partial charge in [-0.15, -0.1) is 0 Å². The first kappa shape index (κ1) is 14.4. The largest absolute Gasteiger partial charge is 0.480 e. The van der Waals surface area contributed by atoms with Crippen molar-refractivity contribution in [2.45, 2.75) is 24.9 Å². The molecular weight excluding hydrogens is 244 g/mol. The van der Waals surface area contributed by atoms with Crippen molar-refractivity contribution >= 4 is 15.8 Å². The zero-order valence-electron chi connectivity index (χ0n) is 10.2. The summed E-state index contributed by atoms with van der Waals surface area (Å²) in [5, 5.41) is 12.0. The fourth-order valence-electron chi connectivity index (χ4n) is 1.46. The van der Waals surface area contributed by atoms with Crippen LogP contribution in [0.1, 0.15) is 12.8 Å². The van der Waals surface area contributed by atoms with Crippen LogP contribution in [0.4, 0.5) is 0 Å². The number of carboxylic acids is 1. The van der Waals surface area contributed by atoms with E-state index in [2.05, 4.69) is 5.32 Å². The first-order valence-corrected chi connectivity index (χ1v) is 7.69. The van der Waals surface area contributed by atoms with Crippen LogP contribution in [-0.2, 0) is 14.6 Å². The van der Waals surface area contributed by atoms with Gasteiger partial charge in [0.25, 0.3) is 0 Å². The molecule has 1 rings (SSSR count). The average Bonchev–Trinajstić information content (AvgIpc) is 2.96. The van der Waals surface area contributed by atoms with Crippen molar-refractivity contribution in [1.29, 1.82) is 0 Å². The molecule has 1 aliphatic carbocycles. The van der Waals surface area contributed by atoms with E-state index in [0.29, 0.717) is 19.1 Å². The summed E-state index contributed by atoms with van der Waals surface area (Å²) in [7, 11) is -1.26. The highest BCUT2D eigenvalue weighted by Crippen LogP contribution is 2.19. The van der Waals surface area contributed by atoms with E-state index < -0.39 is 21.8 Å². The minimum Gasteiger partial charge on any atom is -0.480 e.